The number of hydrogen-bond donors (Lipinski definition) is 3. The van der Waals surface area contributed by atoms with E-state index >= 15 is 0 Å². The minimum absolute atomic E-state index is 0.309. The minimum atomic E-state index is -0.438. The predicted octanol–water partition coefficient (Wildman–Crippen LogP) is 2.10. The first-order valence-electron chi connectivity index (χ1n) is 7.59. The Labute approximate surface area is 120 Å². The molecule has 4 heteroatoms. The van der Waals surface area contributed by atoms with E-state index in [0.29, 0.717) is 23.9 Å². The van der Waals surface area contributed by atoms with Gasteiger partial charge in [0.15, 0.2) is 0 Å². The highest BCUT2D eigenvalue weighted by molar-refractivity contribution is 5.47. The van der Waals surface area contributed by atoms with Crippen LogP contribution in [0, 0.1) is 5.92 Å². The molecule has 0 amide bonds. The molecular formula is C16H24N2O2. The van der Waals surface area contributed by atoms with Crippen molar-refractivity contribution in [3.8, 4) is 5.75 Å². The summed E-state index contributed by atoms with van der Waals surface area (Å²) in [4.78, 5) is 2.33. The van der Waals surface area contributed by atoms with Crippen molar-refractivity contribution in [2.45, 2.75) is 44.2 Å². The number of nitrogens with zero attached hydrogens (tertiary/aromatic N) is 1. The molecule has 1 saturated heterocycles. The Kier molecular flexibility index (Phi) is 3.61. The van der Waals surface area contributed by atoms with Crippen LogP contribution in [0.3, 0.4) is 0 Å². The van der Waals surface area contributed by atoms with Gasteiger partial charge >= 0.3 is 0 Å². The largest absolute Gasteiger partial charge is 0.508 e. The van der Waals surface area contributed by atoms with E-state index in [1.165, 1.54) is 6.42 Å². The van der Waals surface area contributed by atoms with Gasteiger partial charge in [0.1, 0.15) is 5.75 Å². The summed E-state index contributed by atoms with van der Waals surface area (Å²) in [5.41, 5.74) is 6.92. The van der Waals surface area contributed by atoms with E-state index in [2.05, 4.69) is 4.90 Å². The van der Waals surface area contributed by atoms with E-state index < -0.39 is 5.60 Å². The zero-order valence-corrected chi connectivity index (χ0v) is 11.9. The third kappa shape index (κ3) is 2.63. The van der Waals surface area contributed by atoms with Crippen LogP contribution in [0.5, 0.6) is 5.75 Å². The summed E-state index contributed by atoms with van der Waals surface area (Å²) in [5, 5.41) is 20.6. The molecule has 0 aromatic heterocycles. The highest BCUT2D eigenvalue weighted by Crippen LogP contribution is 2.40. The van der Waals surface area contributed by atoms with E-state index in [0.717, 1.165) is 44.3 Å². The third-order valence-electron chi connectivity index (χ3n) is 5.01. The molecule has 0 bridgehead atoms. The van der Waals surface area contributed by atoms with E-state index in [9.17, 15) is 10.2 Å². The second-order valence-corrected chi connectivity index (χ2v) is 6.42. The Hall–Kier alpha value is -1.26. The van der Waals surface area contributed by atoms with Gasteiger partial charge in [0.2, 0.25) is 0 Å². The number of likely N-dealkylation sites (tertiary alicyclic amines) is 1. The number of nitrogens with two attached hydrogens (primary N) is 1. The van der Waals surface area contributed by atoms with Crippen LogP contribution in [0.1, 0.15) is 37.7 Å². The fourth-order valence-corrected chi connectivity index (χ4v) is 3.76. The molecule has 1 aliphatic heterocycles. The lowest BCUT2D eigenvalue weighted by Crippen LogP contribution is -2.52. The van der Waals surface area contributed by atoms with E-state index in [1.807, 2.05) is 6.07 Å². The zero-order chi connectivity index (χ0) is 14.2. The van der Waals surface area contributed by atoms with Crippen LogP contribution in [0.25, 0.3) is 0 Å². The number of hydrogen-bond acceptors (Lipinski definition) is 4. The van der Waals surface area contributed by atoms with Crippen molar-refractivity contribution in [3.05, 3.63) is 23.8 Å². The van der Waals surface area contributed by atoms with Crippen molar-refractivity contribution >= 4 is 5.69 Å². The van der Waals surface area contributed by atoms with E-state index in [-0.39, 0.29) is 0 Å². The molecule has 2 fully saturated rings. The molecule has 1 aliphatic carbocycles. The minimum Gasteiger partial charge on any atom is -0.508 e. The number of phenolic OH excluding ortho intramolecular Hbond substituents is 1. The zero-order valence-electron chi connectivity index (χ0n) is 11.9. The summed E-state index contributed by atoms with van der Waals surface area (Å²) in [6, 6.07) is 5.22. The number of aliphatic hydroxyl groups is 1. The maximum absolute atomic E-state index is 10.7. The van der Waals surface area contributed by atoms with Gasteiger partial charge in [0.05, 0.1) is 5.60 Å². The van der Waals surface area contributed by atoms with Crippen molar-refractivity contribution in [1.29, 1.82) is 0 Å². The van der Waals surface area contributed by atoms with Crippen molar-refractivity contribution in [2.75, 3.05) is 18.8 Å². The first kappa shape index (κ1) is 13.7. The number of phenols is 1. The number of piperidine rings is 1. The van der Waals surface area contributed by atoms with Crippen LogP contribution in [0.2, 0.25) is 0 Å². The lowest BCUT2D eigenvalue weighted by Gasteiger charge is -2.47. The van der Waals surface area contributed by atoms with Crippen molar-refractivity contribution in [3.63, 3.8) is 0 Å². The smallest absolute Gasteiger partial charge is 0.120 e. The topological polar surface area (TPSA) is 69.7 Å². The lowest BCUT2D eigenvalue weighted by atomic mass is 9.71. The summed E-state index contributed by atoms with van der Waals surface area (Å²) in [6.45, 7) is 2.52. The molecule has 1 aromatic rings. The first-order chi connectivity index (χ1) is 9.57. The quantitative estimate of drug-likeness (QED) is 0.571. The molecule has 4 N–H and O–H groups in total. The standard InChI is InChI=1S/C16H24N2O2/c17-14-4-5-15(19)12(9-14)10-18-8-7-16(20)6-2-1-3-13(16)11-18/h4-5,9,13,19-20H,1-3,6-8,10-11,17H2. The predicted molar refractivity (Wildman–Crippen MR) is 79.3 cm³/mol. The molecule has 1 aromatic carbocycles. The van der Waals surface area contributed by atoms with Crippen LogP contribution in [-0.2, 0) is 6.54 Å². The van der Waals surface area contributed by atoms with Crippen molar-refractivity contribution < 1.29 is 10.2 Å². The fraction of sp³-hybridized carbons (Fsp3) is 0.625. The van der Waals surface area contributed by atoms with Gasteiger partial charge in [-0.1, -0.05) is 12.8 Å². The molecular weight excluding hydrogens is 252 g/mol. The summed E-state index contributed by atoms with van der Waals surface area (Å²) in [5.74, 6) is 0.692. The summed E-state index contributed by atoms with van der Waals surface area (Å²) < 4.78 is 0. The van der Waals surface area contributed by atoms with Crippen LogP contribution in [-0.4, -0.2) is 33.8 Å². The van der Waals surface area contributed by atoms with Gasteiger partial charge in [-0.2, -0.15) is 0 Å². The molecule has 4 nitrogen and oxygen atoms in total. The number of aromatic hydroxyl groups is 1. The number of rotatable bonds is 2. The maximum Gasteiger partial charge on any atom is 0.120 e. The molecule has 2 aliphatic rings. The molecule has 0 radical (unpaired) electrons. The Morgan fingerprint density at radius 2 is 2.15 bits per heavy atom. The fourth-order valence-electron chi connectivity index (χ4n) is 3.76. The molecule has 0 spiro atoms. The van der Waals surface area contributed by atoms with E-state index in [1.54, 1.807) is 12.1 Å². The van der Waals surface area contributed by atoms with Crippen LogP contribution < -0.4 is 5.73 Å². The molecule has 1 heterocycles. The van der Waals surface area contributed by atoms with Crippen LogP contribution in [0.4, 0.5) is 5.69 Å². The highest BCUT2D eigenvalue weighted by Gasteiger charge is 2.42. The Bertz CT molecular complexity index is 491. The number of benzene rings is 1. The molecule has 1 saturated carbocycles. The maximum atomic E-state index is 10.7. The molecule has 2 atom stereocenters. The van der Waals surface area contributed by atoms with Gasteiger partial charge in [-0.3, -0.25) is 4.90 Å². The van der Waals surface area contributed by atoms with E-state index in [4.69, 9.17) is 5.73 Å². The average Bonchev–Trinajstić information content (AvgIpc) is 2.43. The Morgan fingerprint density at radius 1 is 1.30 bits per heavy atom. The van der Waals surface area contributed by atoms with Gasteiger partial charge in [-0.15, -0.1) is 0 Å². The summed E-state index contributed by atoms with van der Waals surface area (Å²) >= 11 is 0. The van der Waals surface area contributed by atoms with Gasteiger partial charge in [0, 0.05) is 36.8 Å². The van der Waals surface area contributed by atoms with Gasteiger partial charge in [-0.25, -0.2) is 0 Å². The van der Waals surface area contributed by atoms with Crippen molar-refractivity contribution in [2.24, 2.45) is 5.92 Å². The lowest BCUT2D eigenvalue weighted by molar-refractivity contribution is -0.0968. The second-order valence-electron chi connectivity index (χ2n) is 6.42. The van der Waals surface area contributed by atoms with Crippen LogP contribution >= 0.6 is 0 Å². The Morgan fingerprint density at radius 3 is 3.00 bits per heavy atom. The molecule has 110 valence electrons. The Balaban J connectivity index is 1.69. The number of fused-ring (bicyclic) bond motifs is 1. The SMILES string of the molecule is Nc1ccc(O)c(CN2CCC3(O)CCCCC3C2)c1. The van der Waals surface area contributed by atoms with Gasteiger partial charge in [-0.05, 0) is 37.5 Å². The average molecular weight is 276 g/mol. The molecule has 20 heavy (non-hydrogen) atoms. The van der Waals surface area contributed by atoms with Gasteiger partial charge in [0.25, 0.3) is 0 Å². The summed E-state index contributed by atoms with van der Waals surface area (Å²) in [7, 11) is 0. The number of anilines is 1. The second kappa shape index (κ2) is 5.26. The van der Waals surface area contributed by atoms with Gasteiger partial charge < -0.3 is 15.9 Å². The summed E-state index contributed by atoms with van der Waals surface area (Å²) in [6.07, 6.45) is 5.30. The van der Waals surface area contributed by atoms with Crippen molar-refractivity contribution in [1.82, 2.24) is 4.90 Å². The number of nitrogen functional groups attached to an aromatic ring is 1. The normalized spacial score (nSPS) is 30.9. The molecule has 2 unspecified atom stereocenters. The first-order valence-corrected chi connectivity index (χ1v) is 7.59. The highest BCUT2D eigenvalue weighted by atomic mass is 16.3. The monoisotopic (exact) mass is 276 g/mol. The molecule has 3 rings (SSSR count). The van der Waals surface area contributed by atoms with Crippen LogP contribution in [0.15, 0.2) is 18.2 Å². The third-order valence-corrected chi connectivity index (χ3v) is 5.01.